The predicted octanol–water partition coefficient (Wildman–Crippen LogP) is 7.67. The Balaban J connectivity index is 1.43. The molecule has 1 saturated carbocycles. The Labute approximate surface area is 169 Å². The van der Waals surface area contributed by atoms with Gasteiger partial charge in [0.2, 0.25) is 0 Å². The Kier molecular flexibility index (Phi) is 7.80. The predicted molar refractivity (Wildman–Crippen MR) is 119 cm³/mol. The summed E-state index contributed by atoms with van der Waals surface area (Å²) in [5.74, 6) is 1.65. The van der Waals surface area contributed by atoms with Crippen LogP contribution in [0.1, 0.15) is 74.5 Å². The zero-order valence-corrected chi connectivity index (χ0v) is 17.3. The second kappa shape index (κ2) is 10.5. The molecule has 2 heteroatoms. The first-order valence-corrected chi connectivity index (χ1v) is 10.9. The van der Waals surface area contributed by atoms with Gasteiger partial charge in [0.25, 0.3) is 0 Å². The van der Waals surface area contributed by atoms with E-state index in [0.29, 0.717) is 0 Å². The van der Waals surface area contributed by atoms with E-state index in [0.717, 1.165) is 17.5 Å². The van der Waals surface area contributed by atoms with Gasteiger partial charge in [0.05, 0.1) is 10.8 Å². The number of rotatable bonds is 8. The van der Waals surface area contributed by atoms with Crippen molar-refractivity contribution in [3.05, 3.63) is 65.2 Å². The van der Waals surface area contributed by atoms with Gasteiger partial charge in [-0.2, -0.15) is 4.99 Å². The molecule has 142 valence electrons. The van der Waals surface area contributed by atoms with Crippen LogP contribution in [0, 0.1) is 5.92 Å². The van der Waals surface area contributed by atoms with E-state index in [9.17, 15) is 0 Å². The van der Waals surface area contributed by atoms with Gasteiger partial charge in [-0.15, -0.1) is 0 Å². The molecule has 0 saturated heterocycles. The first-order chi connectivity index (χ1) is 13.3. The molecule has 0 N–H and O–H groups in total. The average Bonchev–Trinajstić information content (AvgIpc) is 2.73. The normalized spacial score (nSPS) is 19.4. The molecular formula is C25H31NS. The van der Waals surface area contributed by atoms with Crippen LogP contribution in [0.5, 0.6) is 0 Å². The Hall–Kier alpha value is -1.76. The Morgan fingerprint density at radius 3 is 2.15 bits per heavy atom. The number of unbranched alkanes of at least 4 members (excludes halogenated alkanes) is 1. The fraction of sp³-hybridized carbons (Fsp3) is 0.480. The Morgan fingerprint density at radius 1 is 0.889 bits per heavy atom. The maximum atomic E-state index is 4.65. The molecule has 2 aromatic rings. The smallest absolute Gasteiger partial charge is 0.0739 e. The molecule has 2 aromatic carbocycles. The molecule has 0 amide bonds. The third kappa shape index (κ3) is 6.13. The third-order valence-corrected chi connectivity index (χ3v) is 6.16. The molecule has 27 heavy (non-hydrogen) atoms. The number of isothiocyanates is 1. The van der Waals surface area contributed by atoms with Gasteiger partial charge in [-0.25, -0.2) is 0 Å². The maximum absolute atomic E-state index is 4.65. The number of aryl methyl sites for hydroxylation is 2. The highest BCUT2D eigenvalue weighted by atomic mass is 32.1. The summed E-state index contributed by atoms with van der Waals surface area (Å²) in [6.45, 7) is 2.26. The lowest BCUT2D eigenvalue weighted by Gasteiger charge is -2.29. The van der Waals surface area contributed by atoms with Gasteiger partial charge < -0.3 is 0 Å². The van der Waals surface area contributed by atoms with Crippen LogP contribution in [-0.2, 0) is 12.8 Å². The molecule has 1 fully saturated rings. The zero-order chi connectivity index (χ0) is 18.9. The molecule has 0 atom stereocenters. The lowest BCUT2D eigenvalue weighted by Crippen LogP contribution is -2.14. The van der Waals surface area contributed by atoms with Crippen LogP contribution in [0.15, 0.2) is 53.5 Å². The molecule has 0 aromatic heterocycles. The maximum Gasteiger partial charge on any atom is 0.0739 e. The molecule has 0 heterocycles. The second-order valence-electron chi connectivity index (χ2n) is 7.97. The van der Waals surface area contributed by atoms with Crippen LogP contribution < -0.4 is 0 Å². The van der Waals surface area contributed by atoms with E-state index in [4.69, 9.17) is 0 Å². The summed E-state index contributed by atoms with van der Waals surface area (Å²) in [4.78, 5) is 4.02. The number of thiocarbonyl (C=S) groups is 1. The van der Waals surface area contributed by atoms with Crippen LogP contribution in [0.25, 0.3) is 0 Å². The summed E-state index contributed by atoms with van der Waals surface area (Å²) >= 11 is 4.65. The van der Waals surface area contributed by atoms with Crippen molar-refractivity contribution in [2.45, 2.75) is 70.6 Å². The van der Waals surface area contributed by atoms with E-state index < -0.39 is 0 Å². The second-order valence-corrected chi connectivity index (χ2v) is 8.15. The SMILES string of the molecule is CCCCc1ccc([C@H]2CC[C@H](CCc3ccc(N=C=S)cc3)CC2)cc1. The monoisotopic (exact) mass is 377 g/mol. The van der Waals surface area contributed by atoms with Crippen molar-refractivity contribution in [1.82, 2.24) is 0 Å². The third-order valence-electron chi connectivity index (χ3n) is 6.07. The summed E-state index contributed by atoms with van der Waals surface area (Å²) < 4.78 is 0. The fourth-order valence-electron chi connectivity index (χ4n) is 4.28. The van der Waals surface area contributed by atoms with Gasteiger partial charge in [0.15, 0.2) is 0 Å². The first kappa shape index (κ1) is 20.0. The van der Waals surface area contributed by atoms with Crippen molar-refractivity contribution in [3.8, 4) is 0 Å². The van der Waals surface area contributed by atoms with Crippen LogP contribution in [0.4, 0.5) is 5.69 Å². The summed E-state index contributed by atoms with van der Waals surface area (Å²) in [7, 11) is 0. The van der Waals surface area contributed by atoms with Gasteiger partial charge in [-0.3, -0.25) is 0 Å². The molecule has 0 bridgehead atoms. The summed E-state index contributed by atoms with van der Waals surface area (Å²) in [5.41, 5.74) is 5.36. The average molecular weight is 378 g/mol. The molecule has 1 nitrogen and oxygen atoms in total. The van der Waals surface area contributed by atoms with E-state index in [2.05, 4.69) is 65.7 Å². The standard InChI is InChI=1S/C25H31NS/c1-2-3-4-20-7-13-23(14-8-20)24-15-9-21(10-16-24)5-6-22-11-17-25(18-12-22)26-19-27/h7-8,11-14,17-18,21,24H,2-6,9-10,15-16H2,1H3/t21-,24-. The number of nitrogens with zero attached hydrogens (tertiary/aromatic N) is 1. The van der Waals surface area contributed by atoms with Gasteiger partial charge in [0, 0.05) is 0 Å². The van der Waals surface area contributed by atoms with Crippen LogP contribution in [-0.4, -0.2) is 5.16 Å². The summed E-state index contributed by atoms with van der Waals surface area (Å²) in [6.07, 6.45) is 11.7. The Bertz CT molecular complexity index is 733. The van der Waals surface area contributed by atoms with E-state index in [-0.39, 0.29) is 0 Å². The van der Waals surface area contributed by atoms with Gasteiger partial charge in [-0.05, 0) is 104 Å². The van der Waals surface area contributed by atoms with Crippen molar-refractivity contribution in [1.29, 1.82) is 0 Å². The minimum absolute atomic E-state index is 0.772. The summed E-state index contributed by atoms with van der Waals surface area (Å²) in [5, 5.41) is 2.42. The minimum Gasteiger partial charge on any atom is -0.195 e. The molecule has 1 aliphatic carbocycles. The van der Waals surface area contributed by atoms with Crippen molar-refractivity contribution >= 4 is 23.1 Å². The van der Waals surface area contributed by atoms with E-state index in [1.807, 2.05) is 12.1 Å². The zero-order valence-electron chi connectivity index (χ0n) is 16.5. The number of hydrogen-bond acceptors (Lipinski definition) is 2. The van der Waals surface area contributed by atoms with Gasteiger partial charge in [-0.1, -0.05) is 49.7 Å². The lowest BCUT2D eigenvalue weighted by atomic mass is 9.77. The van der Waals surface area contributed by atoms with E-state index >= 15 is 0 Å². The van der Waals surface area contributed by atoms with Crippen LogP contribution in [0.2, 0.25) is 0 Å². The molecule has 0 spiro atoms. The largest absolute Gasteiger partial charge is 0.195 e. The quantitative estimate of drug-likeness (QED) is 0.339. The molecular weight excluding hydrogens is 346 g/mol. The van der Waals surface area contributed by atoms with Crippen molar-refractivity contribution < 1.29 is 0 Å². The lowest BCUT2D eigenvalue weighted by molar-refractivity contribution is 0.310. The number of benzene rings is 2. The molecule has 0 aliphatic heterocycles. The number of hydrogen-bond donors (Lipinski definition) is 0. The van der Waals surface area contributed by atoms with Crippen molar-refractivity contribution in [3.63, 3.8) is 0 Å². The van der Waals surface area contributed by atoms with Gasteiger partial charge >= 0.3 is 0 Å². The van der Waals surface area contributed by atoms with Crippen LogP contribution >= 0.6 is 12.2 Å². The Morgan fingerprint density at radius 2 is 1.52 bits per heavy atom. The van der Waals surface area contributed by atoms with Crippen LogP contribution in [0.3, 0.4) is 0 Å². The minimum atomic E-state index is 0.772. The molecule has 1 aliphatic rings. The van der Waals surface area contributed by atoms with Crippen molar-refractivity contribution in [2.75, 3.05) is 0 Å². The van der Waals surface area contributed by atoms with E-state index in [1.165, 1.54) is 68.9 Å². The highest BCUT2D eigenvalue weighted by Gasteiger charge is 2.22. The highest BCUT2D eigenvalue weighted by molar-refractivity contribution is 7.78. The van der Waals surface area contributed by atoms with Crippen molar-refractivity contribution in [2.24, 2.45) is 10.9 Å². The molecule has 3 rings (SSSR count). The number of aliphatic imine (C=N–C) groups is 1. The summed E-state index contributed by atoms with van der Waals surface area (Å²) in [6, 6.07) is 17.9. The fourth-order valence-corrected chi connectivity index (χ4v) is 4.39. The highest BCUT2D eigenvalue weighted by Crippen LogP contribution is 2.37. The molecule has 0 unspecified atom stereocenters. The van der Waals surface area contributed by atoms with Gasteiger partial charge in [0.1, 0.15) is 0 Å². The topological polar surface area (TPSA) is 12.4 Å². The van der Waals surface area contributed by atoms with E-state index in [1.54, 1.807) is 5.56 Å². The first-order valence-electron chi connectivity index (χ1n) is 10.5. The molecule has 0 radical (unpaired) electrons.